The summed E-state index contributed by atoms with van der Waals surface area (Å²) in [7, 11) is -4.59. The van der Waals surface area contributed by atoms with E-state index in [-0.39, 0.29) is 44.2 Å². The van der Waals surface area contributed by atoms with Crippen molar-refractivity contribution in [2.24, 2.45) is 5.14 Å². The van der Waals surface area contributed by atoms with Crippen LogP contribution in [0.25, 0.3) is 22.4 Å². The molecule has 0 unspecified atom stereocenters. The van der Waals surface area contributed by atoms with E-state index in [0.29, 0.717) is 0 Å². The summed E-state index contributed by atoms with van der Waals surface area (Å²) in [5.74, 6) is -1.27. The molecule has 11 nitrogen and oxygen atoms in total. The van der Waals surface area contributed by atoms with E-state index in [1.165, 1.54) is 45.9 Å². The zero-order chi connectivity index (χ0) is 30.0. The fraction of sp³-hybridized carbons (Fsp3) is 0.333. The van der Waals surface area contributed by atoms with Gasteiger partial charge in [0.05, 0.1) is 17.8 Å². The van der Waals surface area contributed by atoms with Crippen LogP contribution in [0.5, 0.6) is 5.88 Å². The topological polar surface area (TPSA) is 164 Å². The summed E-state index contributed by atoms with van der Waals surface area (Å²) in [4.78, 5) is 24.1. The Balaban J connectivity index is 2.11. The van der Waals surface area contributed by atoms with Crippen molar-refractivity contribution in [2.75, 3.05) is 18.9 Å². The molecule has 0 aliphatic carbocycles. The maximum atomic E-state index is 13.6. The Labute approximate surface area is 227 Å². The van der Waals surface area contributed by atoms with Crippen molar-refractivity contribution in [3.63, 3.8) is 0 Å². The summed E-state index contributed by atoms with van der Waals surface area (Å²) in [5, 5.41) is 5.16. The predicted molar refractivity (Wildman–Crippen MR) is 136 cm³/mol. The maximum absolute atomic E-state index is 13.6. The number of ether oxygens (including phenoxy) is 2. The van der Waals surface area contributed by atoms with Gasteiger partial charge in [0.1, 0.15) is 23.7 Å². The van der Waals surface area contributed by atoms with Crippen LogP contribution in [-0.4, -0.2) is 52.5 Å². The molecule has 16 heteroatoms. The Morgan fingerprint density at radius 3 is 2.20 bits per heavy atom. The summed E-state index contributed by atoms with van der Waals surface area (Å²) in [5.41, 5.74) is 3.72. The van der Waals surface area contributed by atoms with Gasteiger partial charge in [-0.3, -0.25) is 0 Å². The zero-order valence-electron chi connectivity index (χ0n) is 21.8. The average Bonchev–Trinajstić information content (AvgIpc) is 2.79. The van der Waals surface area contributed by atoms with Gasteiger partial charge in [0.15, 0.2) is 0 Å². The van der Waals surface area contributed by atoms with Crippen LogP contribution < -0.4 is 15.6 Å². The number of aryl methyl sites for hydroxylation is 1. The van der Waals surface area contributed by atoms with E-state index < -0.39 is 52.7 Å². The van der Waals surface area contributed by atoms with Crippen molar-refractivity contribution >= 4 is 22.3 Å². The number of aromatic nitrogens is 3. The van der Waals surface area contributed by atoms with Crippen molar-refractivity contribution in [3.05, 3.63) is 53.6 Å². The average molecular weight is 587 g/mol. The first-order chi connectivity index (χ1) is 18.3. The number of carbonyl (C=O) groups excluding carboxylic acids is 1. The van der Waals surface area contributed by atoms with Gasteiger partial charge in [-0.1, -0.05) is 0 Å². The highest BCUT2D eigenvalue weighted by molar-refractivity contribution is 7.87. The smallest absolute Gasteiger partial charge is 0.433 e. The number of amides is 1. The Morgan fingerprint density at radius 2 is 1.65 bits per heavy atom. The highest BCUT2D eigenvalue weighted by atomic mass is 32.2. The molecule has 0 aliphatic rings. The molecule has 0 aliphatic heterocycles. The number of hydrogen-bond acceptors (Lipinski definition) is 9. The normalized spacial score (nSPS) is 12.2. The van der Waals surface area contributed by atoms with Crippen molar-refractivity contribution in [2.45, 2.75) is 39.5 Å². The van der Waals surface area contributed by atoms with Crippen LogP contribution in [0.15, 0.2) is 36.4 Å². The monoisotopic (exact) mass is 586 g/mol. The largest absolute Gasteiger partial charge is 0.475 e. The minimum Gasteiger partial charge on any atom is -0.475 e. The van der Waals surface area contributed by atoms with E-state index in [0.717, 1.165) is 18.2 Å². The number of carbonyl (C=O) groups is 1. The summed E-state index contributed by atoms with van der Waals surface area (Å²) >= 11 is 0. The van der Waals surface area contributed by atoms with Crippen LogP contribution in [0, 0.1) is 12.7 Å². The lowest BCUT2D eigenvalue weighted by molar-refractivity contribution is -0.141. The first-order valence-corrected chi connectivity index (χ1v) is 13.0. The van der Waals surface area contributed by atoms with Gasteiger partial charge in [-0.25, -0.2) is 24.3 Å². The minimum absolute atomic E-state index is 0.00276. The Morgan fingerprint density at radius 1 is 1.02 bits per heavy atom. The number of nitrogens with two attached hydrogens (primary N) is 2. The zero-order valence-corrected chi connectivity index (χ0v) is 22.6. The third kappa shape index (κ3) is 7.75. The molecule has 2 aromatic heterocycles. The quantitative estimate of drug-likeness (QED) is 0.388. The van der Waals surface area contributed by atoms with E-state index in [4.69, 9.17) is 20.3 Å². The minimum atomic E-state index is -4.80. The Kier molecular flexibility index (Phi) is 8.54. The molecule has 0 fully saturated rings. The maximum Gasteiger partial charge on any atom is 0.433 e. The summed E-state index contributed by atoms with van der Waals surface area (Å²) < 4.78 is 89.4. The molecular formula is C24H26F4N6O5S. The molecule has 2 heterocycles. The summed E-state index contributed by atoms with van der Waals surface area (Å²) in [6, 6.07) is 6.95. The van der Waals surface area contributed by atoms with Crippen molar-refractivity contribution in [3.8, 4) is 28.3 Å². The molecule has 0 bridgehead atoms. The highest BCUT2D eigenvalue weighted by Gasteiger charge is 2.34. The molecule has 0 spiro atoms. The van der Waals surface area contributed by atoms with Gasteiger partial charge < -0.3 is 15.2 Å². The lowest BCUT2D eigenvalue weighted by atomic mass is 9.99. The third-order valence-corrected chi connectivity index (χ3v) is 5.93. The Hall–Kier alpha value is -4.05. The van der Waals surface area contributed by atoms with Crippen LogP contribution >= 0.6 is 0 Å². The summed E-state index contributed by atoms with van der Waals surface area (Å²) in [6.07, 6.45) is -6.07. The number of benzene rings is 1. The molecule has 40 heavy (non-hydrogen) atoms. The number of pyridine rings is 1. The number of alkyl halides is 3. The molecular weight excluding hydrogens is 560 g/mol. The molecule has 4 N–H and O–H groups in total. The van der Waals surface area contributed by atoms with Crippen LogP contribution in [0.4, 0.5) is 28.3 Å². The highest BCUT2D eigenvalue weighted by Crippen LogP contribution is 2.40. The Bertz CT molecular complexity index is 1510. The second kappa shape index (κ2) is 11.2. The molecule has 216 valence electrons. The molecule has 0 saturated heterocycles. The van der Waals surface area contributed by atoms with Gasteiger partial charge in [-0.2, -0.15) is 30.9 Å². The fourth-order valence-corrected chi connectivity index (χ4v) is 4.03. The SMILES string of the molecule is Cc1cc(-c2c(OCCN(C(=O)OC(C)(C)C)S(N)(=O)=O)nc(N)nc2-c2ccc(F)cc2)cc(C(F)(F)F)n1. The molecule has 3 rings (SSSR count). The van der Waals surface area contributed by atoms with Gasteiger partial charge >= 0.3 is 22.5 Å². The van der Waals surface area contributed by atoms with E-state index in [9.17, 15) is 30.8 Å². The van der Waals surface area contributed by atoms with E-state index in [2.05, 4.69) is 15.0 Å². The number of halogens is 4. The number of nitrogens with zero attached hydrogens (tertiary/aromatic N) is 4. The number of nitrogen functional groups attached to an aromatic ring is 1. The molecule has 1 amide bonds. The second-order valence-corrected chi connectivity index (χ2v) is 10.9. The van der Waals surface area contributed by atoms with E-state index >= 15 is 0 Å². The fourth-order valence-electron chi connectivity index (χ4n) is 3.46. The number of hydrogen-bond donors (Lipinski definition) is 2. The lowest BCUT2D eigenvalue weighted by Crippen LogP contribution is -2.46. The molecule has 0 radical (unpaired) electrons. The standard InChI is InChI=1S/C24H26F4N6O5S/c1-13-11-15(12-17(31-13)24(26,27)28)18-19(14-5-7-16(25)8-6-14)32-21(29)33-20(18)38-10-9-34(40(30,36)37)22(35)39-23(2,3)4/h5-8,11-12H,9-10H2,1-4H3,(H2,29,32,33)(H2,30,36,37). The first kappa shape index (κ1) is 30.5. The van der Waals surface area contributed by atoms with Gasteiger partial charge in [0, 0.05) is 11.3 Å². The molecule has 3 aromatic rings. The molecule has 0 atom stereocenters. The number of rotatable bonds is 7. The molecule has 1 aromatic carbocycles. The van der Waals surface area contributed by atoms with Gasteiger partial charge in [0.25, 0.3) is 0 Å². The van der Waals surface area contributed by atoms with E-state index in [1.807, 2.05) is 0 Å². The predicted octanol–water partition coefficient (Wildman–Crippen LogP) is 4.07. The number of anilines is 1. The van der Waals surface area contributed by atoms with Gasteiger partial charge in [0.2, 0.25) is 11.8 Å². The lowest BCUT2D eigenvalue weighted by Gasteiger charge is -2.25. The van der Waals surface area contributed by atoms with Gasteiger partial charge in [-0.15, -0.1) is 0 Å². The second-order valence-electron chi connectivity index (χ2n) is 9.44. The third-order valence-electron chi connectivity index (χ3n) is 4.98. The van der Waals surface area contributed by atoms with Crippen molar-refractivity contribution < 1.29 is 40.2 Å². The van der Waals surface area contributed by atoms with E-state index in [1.54, 1.807) is 0 Å². The van der Waals surface area contributed by atoms with Crippen LogP contribution in [0.1, 0.15) is 32.2 Å². The van der Waals surface area contributed by atoms with Gasteiger partial charge in [-0.05, 0) is 69.7 Å². The van der Waals surface area contributed by atoms with Crippen LogP contribution in [0.3, 0.4) is 0 Å². The molecule has 0 saturated carbocycles. The van der Waals surface area contributed by atoms with Crippen molar-refractivity contribution in [1.82, 2.24) is 19.3 Å². The van der Waals surface area contributed by atoms with Crippen LogP contribution in [0.2, 0.25) is 0 Å². The van der Waals surface area contributed by atoms with Crippen molar-refractivity contribution in [1.29, 1.82) is 0 Å². The summed E-state index contributed by atoms with van der Waals surface area (Å²) in [6.45, 7) is 4.69. The van der Waals surface area contributed by atoms with Crippen LogP contribution in [-0.2, 0) is 21.1 Å². The first-order valence-electron chi connectivity index (χ1n) is 11.5.